The van der Waals surface area contributed by atoms with Crippen molar-refractivity contribution in [1.29, 1.82) is 0 Å². The molecule has 0 spiro atoms. The fourth-order valence-corrected chi connectivity index (χ4v) is 2.62. The molecule has 1 amide bonds. The number of carbonyl (C=O) groups excluding carboxylic acids is 1. The Kier molecular flexibility index (Phi) is 6.18. The van der Waals surface area contributed by atoms with Crippen LogP contribution in [0.2, 0.25) is 0 Å². The zero-order valence-electron chi connectivity index (χ0n) is 12.1. The summed E-state index contributed by atoms with van der Waals surface area (Å²) in [5.74, 6) is 0.140. The number of benzene rings is 1. The maximum atomic E-state index is 11.9. The lowest BCUT2D eigenvalue weighted by Gasteiger charge is -2.18. The Balaban J connectivity index is 2.82. The molecule has 6 nitrogen and oxygen atoms in total. The van der Waals surface area contributed by atoms with Crippen LogP contribution >= 0.6 is 15.9 Å². The normalized spacial score (nSPS) is 14.3. The smallest absolute Gasteiger partial charge is 0.260 e. The third kappa shape index (κ3) is 5.29. The van der Waals surface area contributed by atoms with Crippen molar-refractivity contribution in [2.24, 2.45) is 5.14 Å². The van der Waals surface area contributed by atoms with E-state index in [2.05, 4.69) is 21.2 Å². The first-order valence-corrected chi connectivity index (χ1v) is 8.78. The van der Waals surface area contributed by atoms with E-state index in [0.717, 1.165) is 6.42 Å². The second-order valence-corrected chi connectivity index (χ2v) is 7.13. The van der Waals surface area contributed by atoms with E-state index < -0.39 is 16.1 Å². The summed E-state index contributed by atoms with van der Waals surface area (Å²) >= 11 is 3.21. The molecule has 2 unspecified atom stereocenters. The zero-order chi connectivity index (χ0) is 16.2. The lowest BCUT2D eigenvalue weighted by atomic mass is 10.2. The highest BCUT2D eigenvalue weighted by molar-refractivity contribution is 9.10. The molecule has 2 atom stereocenters. The number of amides is 1. The van der Waals surface area contributed by atoms with Crippen LogP contribution < -0.4 is 15.2 Å². The summed E-state index contributed by atoms with van der Waals surface area (Å²) in [7, 11) is -3.77. The number of nitrogens with one attached hydrogen (secondary N) is 1. The van der Waals surface area contributed by atoms with Crippen LogP contribution in [0, 0.1) is 0 Å². The van der Waals surface area contributed by atoms with Gasteiger partial charge >= 0.3 is 0 Å². The number of halogens is 1. The van der Waals surface area contributed by atoms with Gasteiger partial charge in [-0.15, -0.1) is 0 Å². The zero-order valence-corrected chi connectivity index (χ0v) is 14.5. The number of nitrogens with two attached hydrogens (primary N) is 1. The minimum atomic E-state index is -3.77. The van der Waals surface area contributed by atoms with Gasteiger partial charge in [-0.05, 0) is 54.4 Å². The fraction of sp³-hybridized carbons (Fsp3) is 0.462. The molecule has 1 aromatic carbocycles. The maximum absolute atomic E-state index is 11.9. The molecule has 1 aromatic rings. The van der Waals surface area contributed by atoms with Crippen molar-refractivity contribution in [3.63, 3.8) is 0 Å². The molecule has 0 radical (unpaired) electrons. The molecule has 0 aromatic heterocycles. The predicted octanol–water partition coefficient (Wildman–Crippen LogP) is 1.78. The van der Waals surface area contributed by atoms with E-state index in [0.29, 0.717) is 10.2 Å². The van der Waals surface area contributed by atoms with Gasteiger partial charge in [-0.3, -0.25) is 4.79 Å². The fourth-order valence-electron chi connectivity index (χ4n) is 1.46. The molecular formula is C13H19BrN2O4S. The molecule has 0 heterocycles. The Bertz CT molecular complexity index is 619. The first-order valence-electron chi connectivity index (χ1n) is 6.44. The molecule has 0 aliphatic carbocycles. The number of sulfonamides is 1. The van der Waals surface area contributed by atoms with Gasteiger partial charge in [-0.2, -0.15) is 0 Å². The van der Waals surface area contributed by atoms with E-state index in [1.54, 1.807) is 6.92 Å². The molecule has 118 valence electrons. The standard InChI is InChI=1S/C13H19BrN2O4S/c1-4-8(2)16-13(17)9(3)20-12-6-5-10(7-11(12)14)21(15,18)19/h5-9H,4H2,1-3H3,(H,16,17)(H2,15,18,19). The molecule has 0 saturated heterocycles. The summed E-state index contributed by atoms with van der Waals surface area (Å²) in [4.78, 5) is 11.9. The topological polar surface area (TPSA) is 98.5 Å². The minimum absolute atomic E-state index is 0.0292. The summed E-state index contributed by atoms with van der Waals surface area (Å²) < 4.78 is 28.4. The third-order valence-electron chi connectivity index (χ3n) is 2.91. The predicted molar refractivity (Wildman–Crippen MR) is 83.5 cm³/mol. The largest absolute Gasteiger partial charge is 0.480 e. The Morgan fingerprint density at radius 2 is 2.05 bits per heavy atom. The number of primary sulfonamides is 1. The van der Waals surface area contributed by atoms with Crippen LogP contribution in [0.3, 0.4) is 0 Å². The lowest BCUT2D eigenvalue weighted by molar-refractivity contribution is -0.127. The van der Waals surface area contributed by atoms with Gasteiger partial charge in [0, 0.05) is 6.04 Å². The highest BCUT2D eigenvalue weighted by atomic mass is 79.9. The van der Waals surface area contributed by atoms with Crippen molar-refractivity contribution in [2.75, 3.05) is 0 Å². The van der Waals surface area contributed by atoms with Crippen molar-refractivity contribution >= 4 is 31.9 Å². The summed E-state index contributed by atoms with van der Waals surface area (Å²) in [6, 6.07) is 4.19. The molecule has 0 aliphatic rings. The van der Waals surface area contributed by atoms with Crippen molar-refractivity contribution in [3.8, 4) is 5.75 Å². The van der Waals surface area contributed by atoms with Crippen LogP contribution in [0.4, 0.5) is 0 Å². The number of hydrogen-bond donors (Lipinski definition) is 2. The average molecular weight is 379 g/mol. The molecule has 3 N–H and O–H groups in total. The minimum Gasteiger partial charge on any atom is -0.480 e. The van der Waals surface area contributed by atoms with E-state index in [1.807, 2.05) is 13.8 Å². The van der Waals surface area contributed by atoms with Crippen molar-refractivity contribution < 1.29 is 17.9 Å². The van der Waals surface area contributed by atoms with Crippen molar-refractivity contribution in [2.45, 2.75) is 44.2 Å². The SMILES string of the molecule is CCC(C)NC(=O)C(C)Oc1ccc(S(N)(=O)=O)cc1Br. The van der Waals surface area contributed by atoms with E-state index in [4.69, 9.17) is 9.88 Å². The molecular weight excluding hydrogens is 360 g/mol. The van der Waals surface area contributed by atoms with E-state index in [1.165, 1.54) is 18.2 Å². The number of ether oxygens (including phenoxy) is 1. The van der Waals surface area contributed by atoms with Gasteiger partial charge in [0.2, 0.25) is 10.0 Å². The monoisotopic (exact) mass is 378 g/mol. The molecule has 0 fully saturated rings. The first kappa shape index (κ1) is 17.9. The number of rotatable bonds is 6. The lowest BCUT2D eigenvalue weighted by Crippen LogP contribution is -2.41. The van der Waals surface area contributed by atoms with Gasteiger partial charge in [0.05, 0.1) is 9.37 Å². The van der Waals surface area contributed by atoms with Gasteiger partial charge in [0.15, 0.2) is 6.10 Å². The highest BCUT2D eigenvalue weighted by Crippen LogP contribution is 2.28. The van der Waals surface area contributed by atoms with Crippen LogP contribution in [-0.2, 0) is 14.8 Å². The Morgan fingerprint density at radius 1 is 1.43 bits per heavy atom. The van der Waals surface area contributed by atoms with Gasteiger partial charge < -0.3 is 10.1 Å². The summed E-state index contributed by atoms with van der Waals surface area (Å²) in [5.41, 5.74) is 0. The van der Waals surface area contributed by atoms with Crippen LogP contribution in [-0.4, -0.2) is 26.5 Å². The Labute approximate surface area is 133 Å². The molecule has 8 heteroatoms. The van der Waals surface area contributed by atoms with Crippen LogP contribution in [0.5, 0.6) is 5.75 Å². The number of hydrogen-bond acceptors (Lipinski definition) is 4. The molecule has 0 bridgehead atoms. The summed E-state index contributed by atoms with van der Waals surface area (Å²) in [6.07, 6.45) is 0.126. The number of carbonyl (C=O) groups is 1. The maximum Gasteiger partial charge on any atom is 0.260 e. The summed E-state index contributed by atoms with van der Waals surface area (Å²) in [6.45, 7) is 5.50. The van der Waals surface area contributed by atoms with Gasteiger partial charge in [-0.25, -0.2) is 13.6 Å². The molecule has 0 aliphatic heterocycles. The van der Waals surface area contributed by atoms with Crippen LogP contribution in [0.1, 0.15) is 27.2 Å². The van der Waals surface area contributed by atoms with E-state index >= 15 is 0 Å². The second-order valence-electron chi connectivity index (χ2n) is 4.72. The van der Waals surface area contributed by atoms with E-state index in [9.17, 15) is 13.2 Å². The second kappa shape index (κ2) is 7.24. The molecule has 1 rings (SSSR count). The van der Waals surface area contributed by atoms with Crippen LogP contribution in [0.25, 0.3) is 0 Å². The first-order chi connectivity index (χ1) is 9.65. The Hall–Kier alpha value is -1.12. The molecule has 0 saturated carbocycles. The third-order valence-corrected chi connectivity index (χ3v) is 4.44. The highest BCUT2D eigenvalue weighted by Gasteiger charge is 2.18. The van der Waals surface area contributed by atoms with Crippen molar-refractivity contribution in [3.05, 3.63) is 22.7 Å². The molecule has 21 heavy (non-hydrogen) atoms. The quantitative estimate of drug-likeness (QED) is 0.787. The van der Waals surface area contributed by atoms with Gasteiger partial charge in [-0.1, -0.05) is 6.92 Å². The van der Waals surface area contributed by atoms with E-state index in [-0.39, 0.29) is 16.8 Å². The summed E-state index contributed by atoms with van der Waals surface area (Å²) in [5, 5.41) is 7.85. The van der Waals surface area contributed by atoms with Gasteiger partial charge in [0.25, 0.3) is 5.91 Å². The Morgan fingerprint density at radius 3 is 2.52 bits per heavy atom. The average Bonchev–Trinajstić information content (AvgIpc) is 2.39. The van der Waals surface area contributed by atoms with Crippen molar-refractivity contribution in [1.82, 2.24) is 5.32 Å². The van der Waals surface area contributed by atoms with Gasteiger partial charge in [0.1, 0.15) is 5.75 Å². The van der Waals surface area contributed by atoms with Crippen LogP contribution in [0.15, 0.2) is 27.6 Å².